The van der Waals surface area contributed by atoms with Gasteiger partial charge in [0.15, 0.2) is 0 Å². The van der Waals surface area contributed by atoms with Crippen molar-refractivity contribution in [2.45, 2.75) is 0 Å². The quantitative estimate of drug-likeness (QED) is 0.170. The summed E-state index contributed by atoms with van der Waals surface area (Å²) in [7, 11) is 0. The van der Waals surface area contributed by atoms with Crippen LogP contribution >= 0.6 is 0 Å². The molecule has 0 N–H and O–H groups in total. The molecule has 3 heteroatoms. The zero-order valence-electron chi connectivity index (χ0n) is 30.9. The number of nitrogens with zero attached hydrogens (tertiary/aromatic N) is 2. The number of rotatable bonds is 6. The normalized spacial score (nSPS) is 11.9. The molecule has 12 aromatic rings. The lowest BCUT2D eigenvalue weighted by Crippen LogP contribution is -2.09. The number of furan rings is 1. The molecule has 0 bridgehead atoms. The van der Waals surface area contributed by atoms with Crippen molar-refractivity contribution in [3.8, 4) is 33.4 Å². The van der Waals surface area contributed by atoms with Crippen molar-refractivity contribution in [3.05, 3.63) is 206 Å². The number of anilines is 3. The molecule has 3 aromatic heterocycles. The van der Waals surface area contributed by atoms with E-state index in [2.05, 4.69) is 203 Å². The van der Waals surface area contributed by atoms with Crippen molar-refractivity contribution in [3.63, 3.8) is 0 Å². The van der Waals surface area contributed by atoms with Crippen LogP contribution in [-0.4, -0.2) is 4.40 Å². The average molecular weight is 727 g/mol. The van der Waals surface area contributed by atoms with Gasteiger partial charge in [-0.15, -0.1) is 0 Å². The van der Waals surface area contributed by atoms with Crippen LogP contribution < -0.4 is 4.90 Å². The summed E-state index contributed by atoms with van der Waals surface area (Å²) in [5, 5.41) is 7.46. The fourth-order valence-electron chi connectivity index (χ4n) is 9.00. The lowest BCUT2D eigenvalue weighted by molar-refractivity contribution is 0.669. The first-order valence-electron chi connectivity index (χ1n) is 19.5. The summed E-state index contributed by atoms with van der Waals surface area (Å²) < 4.78 is 8.55. The zero-order valence-corrected chi connectivity index (χ0v) is 30.9. The Bertz CT molecular complexity index is 3430. The predicted molar refractivity (Wildman–Crippen MR) is 239 cm³/mol. The fraction of sp³-hybridized carbons (Fsp3) is 0. The highest BCUT2D eigenvalue weighted by atomic mass is 16.3. The number of hydrogen-bond donors (Lipinski definition) is 0. The van der Waals surface area contributed by atoms with Gasteiger partial charge in [-0.1, -0.05) is 133 Å². The molecule has 0 aliphatic rings. The Kier molecular flexibility index (Phi) is 6.93. The molecule has 12 rings (SSSR count). The van der Waals surface area contributed by atoms with E-state index in [0.717, 1.165) is 50.1 Å². The second-order valence-electron chi connectivity index (χ2n) is 14.9. The Hall–Kier alpha value is -7.62. The molecule has 0 saturated heterocycles. The highest BCUT2D eigenvalue weighted by Gasteiger charge is 2.18. The van der Waals surface area contributed by atoms with Crippen molar-refractivity contribution in [1.29, 1.82) is 0 Å². The van der Waals surface area contributed by atoms with Gasteiger partial charge in [-0.3, -0.25) is 0 Å². The number of para-hydroxylation sites is 3. The van der Waals surface area contributed by atoms with Gasteiger partial charge in [0.25, 0.3) is 0 Å². The molecule has 0 amide bonds. The molecule has 0 aliphatic heterocycles. The number of benzene rings is 9. The van der Waals surface area contributed by atoms with E-state index in [1.165, 1.54) is 60.3 Å². The van der Waals surface area contributed by atoms with Gasteiger partial charge < -0.3 is 13.7 Å². The minimum Gasteiger partial charge on any atom is -0.456 e. The molecule has 3 nitrogen and oxygen atoms in total. The topological polar surface area (TPSA) is 20.8 Å². The van der Waals surface area contributed by atoms with Gasteiger partial charge in [-0.25, -0.2) is 0 Å². The number of fused-ring (bicyclic) bond motifs is 9. The highest BCUT2D eigenvalue weighted by Crippen LogP contribution is 2.42. The Morgan fingerprint density at radius 1 is 0.298 bits per heavy atom. The van der Waals surface area contributed by atoms with Crippen LogP contribution in [-0.2, 0) is 0 Å². The van der Waals surface area contributed by atoms with E-state index in [0.29, 0.717) is 0 Å². The molecule has 0 unspecified atom stereocenters. The molecule has 0 aliphatic carbocycles. The van der Waals surface area contributed by atoms with Crippen LogP contribution in [0.15, 0.2) is 211 Å². The van der Waals surface area contributed by atoms with Crippen LogP contribution in [0.1, 0.15) is 0 Å². The lowest BCUT2D eigenvalue weighted by atomic mass is 10.0. The van der Waals surface area contributed by atoms with Gasteiger partial charge in [-0.05, 0) is 106 Å². The molecule has 0 fully saturated rings. The third kappa shape index (κ3) is 4.99. The maximum atomic E-state index is 6.11. The number of hydrogen-bond acceptors (Lipinski definition) is 2. The average Bonchev–Trinajstić information content (AvgIpc) is 3.94. The van der Waals surface area contributed by atoms with Crippen LogP contribution in [0.25, 0.3) is 93.4 Å². The van der Waals surface area contributed by atoms with E-state index in [9.17, 15) is 0 Å². The second-order valence-corrected chi connectivity index (χ2v) is 14.9. The Morgan fingerprint density at radius 3 is 1.44 bits per heavy atom. The molecule has 0 radical (unpaired) electrons. The largest absolute Gasteiger partial charge is 0.456 e. The molecular weight excluding hydrogens is 693 g/mol. The monoisotopic (exact) mass is 726 g/mol. The number of aromatic nitrogens is 1. The third-order valence-electron chi connectivity index (χ3n) is 11.7. The molecule has 0 spiro atoms. The van der Waals surface area contributed by atoms with Crippen LogP contribution in [0.3, 0.4) is 0 Å². The van der Waals surface area contributed by atoms with Crippen molar-refractivity contribution in [2.24, 2.45) is 0 Å². The molecule has 0 atom stereocenters. The second kappa shape index (κ2) is 12.5. The zero-order chi connectivity index (χ0) is 37.5. The summed E-state index contributed by atoms with van der Waals surface area (Å²) in [6.07, 6.45) is 0. The summed E-state index contributed by atoms with van der Waals surface area (Å²) in [5.74, 6) is 0. The summed E-state index contributed by atoms with van der Waals surface area (Å²) in [4.78, 5) is 2.34. The SMILES string of the molecule is c1ccc(-c2ccc(N(c3ccc(-c4ccc5oc6ccccc6c5c4)cc3)c3ccc(-c4ccc5c(c4)c4cccc6c7ccccc7n5c64)cc3)cc2)cc1. The lowest BCUT2D eigenvalue weighted by Gasteiger charge is -2.26. The molecule has 266 valence electrons. The van der Waals surface area contributed by atoms with E-state index in [1.54, 1.807) is 0 Å². The first-order chi connectivity index (χ1) is 28.2. The molecular formula is C54H34N2O. The Balaban J connectivity index is 0.929. The van der Waals surface area contributed by atoms with Crippen LogP contribution in [0.5, 0.6) is 0 Å². The minimum atomic E-state index is 0.908. The van der Waals surface area contributed by atoms with E-state index < -0.39 is 0 Å². The van der Waals surface area contributed by atoms with Gasteiger partial charge in [0.1, 0.15) is 11.2 Å². The predicted octanol–water partition coefficient (Wildman–Crippen LogP) is 15.2. The molecule has 0 saturated carbocycles. The third-order valence-corrected chi connectivity index (χ3v) is 11.7. The summed E-state index contributed by atoms with van der Waals surface area (Å²) >= 11 is 0. The summed E-state index contributed by atoms with van der Waals surface area (Å²) in [6, 6.07) is 74.4. The van der Waals surface area contributed by atoms with Gasteiger partial charge in [-0.2, -0.15) is 0 Å². The van der Waals surface area contributed by atoms with E-state index >= 15 is 0 Å². The Labute approximate surface area is 329 Å². The standard InChI is InChI=1S/C54H34N2O/c1-2-9-35(10-3-1)36-17-25-41(26-18-36)55(43-29-21-38(22-30-43)40-24-32-53-49(34-40)45-12-5-7-16-52(45)57-53)42-27-19-37(20-28-42)39-23-31-51-48(33-39)47-14-8-13-46-44-11-4-6-15-50(44)56(51)54(46)47/h1-34H. The van der Waals surface area contributed by atoms with E-state index in [1.807, 2.05) is 12.1 Å². The highest BCUT2D eigenvalue weighted by molar-refractivity contribution is 6.23. The van der Waals surface area contributed by atoms with Crippen LogP contribution in [0, 0.1) is 0 Å². The molecule has 3 heterocycles. The molecule has 57 heavy (non-hydrogen) atoms. The van der Waals surface area contributed by atoms with Crippen molar-refractivity contribution >= 4 is 77.1 Å². The van der Waals surface area contributed by atoms with Gasteiger partial charge in [0.2, 0.25) is 0 Å². The van der Waals surface area contributed by atoms with Crippen molar-refractivity contribution in [2.75, 3.05) is 4.90 Å². The maximum absolute atomic E-state index is 6.11. The van der Waals surface area contributed by atoms with Crippen LogP contribution in [0.2, 0.25) is 0 Å². The van der Waals surface area contributed by atoms with E-state index in [-0.39, 0.29) is 0 Å². The maximum Gasteiger partial charge on any atom is 0.135 e. The summed E-state index contributed by atoms with van der Waals surface area (Å²) in [6.45, 7) is 0. The van der Waals surface area contributed by atoms with Gasteiger partial charge >= 0.3 is 0 Å². The van der Waals surface area contributed by atoms with Gasteiger partial charge in [0, 0.05) is 49.4 Å². The summed E-state index contributed by atoms with van der Waals surface area (Å²) in [5.41, 5.74) is 16.0. The van der Waals surface area contributed by atoms with Crippen LogP contribution in [0.4, 0.5) is 17.1 Å². The fourth-order valence-corrected chi connectivity index (χ4v) is 9.00. The Morgan fingerprint density at radius 2 is 0.754 bits per heavy atom. The van der Waals surface area contributed by atoms with E-state index in [4.69, 9.17) is 4.42 Å². The minimum absolute atomic E-state index is 0.908. The molecule has 9 aromatic carbocycles. The van der Waals surface area contributed by atoms with Crippen molar-refractivity contribution in [1.82, 2.24) is 4.40 Å². The van der Waals surface area contributed by atoms with Crippen molar-refractivity contribution < 1.29 is 4.42 Å². The smallest absolute Gasteiger partial charge is 0.135 e. The van der Waals surface area contributed by atoms with Gasteiger partial charge in [0.05, 0.1) is 16.6 Å². The first kappa shape index (κ1) is 31.7. The first-order valence-corrected chi connectivity index (χ1v) is 19.5.